The maximum absolute atomic E-state index is 9.92. The molecule has 0 aromatic heterocycles. The first kappa shape index (κ1) is 16.1. The van der Waals surface area contributed by atoms with Crippen LogP contribution in [0.1, 0.15) is 22.6 Å². The van der Waals surface area contributed by atoms with Gasteiger partial charge in [-0.1, -0.05) is 41.9 Å². The smallest absolute Gasteiger partial charge is 0.176 e. The van der Waals surface area contributed by atoms with Crippen LogP contribution in [0.3, 0.4) is 0 Å². The molecule has 0 fully saturated rings. The van der Waals surface area contributed by atoms with Crippen LogP contribution in [-0.2, 0) is 6.42 Å². The number of rotatable bonds is 1. The molecular formula is C16H17BrClNO2. The van der Waals surface area contributed by atoms with Gasteiger partial charge < -0.3 is 15.5 Å². The average Bonchev–Trinajstić information content (AvgIpc) is 2.68. The predicted octanol–water partition coefficient (Wildman–Crippen LogP) is 3.61. The highest BCUT2D eigenvalue weighted by atomic mass is 79.9. The number of benzene rings is 2. The van der Waals surface area contributed by atoms with Crippen molar-refractivity contribution in [2.75, 3.05) is 13.1 Å². The van der Waals surface area contributed by atoms with Gasteiger partial charge in [-0.25, -0.2) is 0 Å². The third kappa shape index (κ3) is 3.03. The van der Waals surface area contributed by atoms with Gasteiger partial charge in [0.1, 0.15) is 0 Å². The summed E-state index contributed by atoms with van der Waals surface area (Å²) in [6.45, 7) is 1.60. The molecule has 21 heavy (non-hydrogen) atoms. The molecule has 1 unspecified atom stereocenters. The largest absolute Gasteiger partial charge is 0.504 e. The van der Waals surface area contributed by atoms with E-state index >= 15 is 0 Å². The summed E-state index contributed by atoms with van der Waals surface area (Å²) < 4.78 is 0. The van der Waals surface area contributed by atoms with Crippen LogP contribution in [0.5, 0.6) is 11.5 Å². The second-order valence-electron chi connectivity index (χ2n) is 5.05. The maximum atomic E-state index is 9.92. The normalized spacial score (nSPS) is 17.5. The highest BCUT2D eigenvalue weighted by molar-refractivity contribution is 8.93. The standard InChI is InChI=1S/C16H16ClNO2.BrH/c17-15-14-11(8-13(19)16(15)20)6-7-18-9-12(14)10-4-2-1-3-5-10;/h1-5,8,12,18-20H,6-7,9H2;1H. The van der Waals surface area contributed by atoms with Crippen LogP contribution in [0, 0.1) is 0 Å². The first-order valence-electron chi connectivity index (χ1n) is 6.67. The van der Waals surface area contributed by atoms with E-state index in [1.165, 1.54) is 0 Å². The number of halogens is 2. The quantitative estimate of drug-likeness (QED) is 0.672. The van der Waals surface area contributed by atoms with Crippen molar-refractivity contribution in [1.29, 1.82) is 0 Å². The highest BCUT2D eigenvalue weighted by Crippen LogP contribution is 2.43. The van der Waals surface area contributed by atoms with E-state index in [4.69, 9.17) is 11.6 Å². The van der Waals surface area contributed by atoms with Gasteiger partial charge in [-0.2, -0.15) is 0 Å². The summed E-state index contributed by atoms with van der Waals surface area (Å²) in [5.41, 5.74) is 3.05. The minimum absolute atomic E-state index is 0. The van der Waals surface area contributed by atoms with Gasteiger partial charge in [-0.05, 0) is 35.7 Å². The van der Waals surface area contributed by atoms with E-state index < -0.39 is 0 Å². The molecule has 1 aliphatic heterocycles. The molecule has 0 aliphatic carbocycles. The van der Waals surface area contributed by atoms with Gasteiger partial charge >= 0.3 is 0 Å². The zero-order valence-electron chi connectivity index (χ0n) is 11.3. The van der Waals surface area contributed by atoms with Gasteiger partial charge in [0.2, 0.25) is 0 Å². The summed E-state index contributed by atoms with van der Waals surface area (Å²) in [6.07, 6.45) is 0.784. The number of nitrogens with one attached hydrogen (secondary N) is 1. The molecule has 0 spiro atoms. The summed E-state index contributed by atoms with van der Waals surface area (Å²) in [7, 11) is 0. The molecule has 3 N–H and O–H groups in total. The fourth-order valence-electron chi connectivity index (χ4n) is 2.82. The molecule has 0 amide bonds. The van der Waals surface area contributed by atoms with Gasteiger partial charge in [0, 0.05) is 12.5 Å². The van der Waals surface area contributed by atoms with E-state index in [0.717, 1.165) is 36.2 Å². The fraction of sp³-hybridized carbons (Fsp3) is 0.250. The van der Waals surface area contributed by atoms with E-state index in [0.29, 0.717) is 0 Å². The summed E-state index contributed by atoms with van der Waals surface area (Å²) >= 11 is 6.30. The van der Waals surface area contributed by atoms with Gasteiger partial charge in [0.15, 0.2) is 11.5 Å². The third-order valence-electron chi connectivity index (χ3n) is 3.81. The molecule has 0 saturated heterocycles. The van der Waals surface area contributed by atoms with E-state index in [9.17, 15) is 10.2 Å². The SMILES string of the molecule is Br.Oc1cc2c(c(Cl)c1O)C(c1ccccc1)CNCC2. The average molecular weight is 371 g/mol. The Morgan fingerprint density at radius 1 is 1.14 bits per heavy atom. The molecule has 112 valence electrons. The van der Waals surface area contributed by atoms with Gasteiger partial charge in [-0.15, -0.1) is 17.0 Å². The number of phenols is 2. The number of fused-ring (bicyclic) bond motifs is 1. The molecule has 1 aliphatic rings. The molecule has 1 heterocycles. The number of hydrogen-bond acceptors (Lipinski definition) is 3. The Bertz CT molecular complexity index is 634. The van der Waals surface area contributed by atoms with Crippen molar-refractivity contribution >= 4 is 28.6 Å². The van der Waals surface area contributed by atoms with Gasteiger partial charge in [-0.3, -0.25) is 0 Å². The summed E-state index contributed by atoms with van der Waals surface area (Å²) in [6, 6.07) is 11.7. The zero-order valence-corrected chi connectivity index (χ0v) is 13.8. The fourth-order valence-corrected chi connectivity index (χ4v) is 3.17. The van der Waals surface area contributed by atoms with E-state index in [1.54, 1.807) is 6.07 Å². The lowest BCUT2D eigenvalue weighted by Crippen LogP contribution is -2.21. The van der Waals surface area contributed by atoms with Crippen molar-refractivity contribution in [3.8, 4) is 11.5 Å². The van der Waals surface area contributed by atoms with E-state index in [1.807, 2.05) is 18.2 Å². The lowest BCUT2D eigenvalue weighted by atomic mass is 9.87. The Balaban J connectivity index is 0.00000161. The van der Waals surface area contributed by atoms with Crippen LogP contribution in [0.25, 0.3) is 0 Å². The first-order chi connectivity index (χ1) is 9.68. The topological polar surface area (TPSA) is 52.5 Å². The summed E-state index contributed by atoms with van der Waals surface area (Å²) in [5, 5.41) is 23.3. The van der Waals surface area contributed by atoms with Gasteiger partial charge in [0.05, 0.1) is 5.02 Å². The van der Waals surface area contributed by atoms with Crippen molar-refractivity contribution in [3.05, 3.63) is 58.1 Å². The highest BCUT2D eigenvalue weighted by Gasteiger charge is 2.26. The number of aromatic hydroxyl groups is 2. The van der Waals surface area contributed by atoms with Crippen molar-refractivity contribution in [1.82, 2.24) is 5.32 Å². The molecule has 2 aromatic rings. The lowest BCUT2D eigenvalue weighted by Gasteiger charge is -2.20. The Morgan fingerprint density at radius 2 is 1.86 bits per heavy atom. The minimum Gasteiger partial charge on any atom is -0.504 e. The van der Waals surface area contributed by atoms with Crippen LogP contribution in [0.4, 0.5) is 0 Å². The zero-order chi connectivity index (χ0) is 14.1. The van der Waals surface area contributed by atoms with E-state index in [-0.39, 0.29) is 39.4 Å². The summed E-state index contributed by atoms with van der Waals surface area (Å²) in [5.74, 6) is -0.302. The van der Waals surface area contributed by atoms with E-state index in [2.05, 4.69) is 17.4 Å². The first-order valence-corrected chi connectivity index (χ1v) is 7.05. The van der Waals surface area contributed by atoms with Crippen LogP contribution >= 0.6 is 28.6 Å². The van der Waals surface area contributed by atoms with Crippen LogP contribution < -0.4 is 5.32 Å². The third-order valence-corrected chi connectivity index (χ3v) is 4.20. The second kappa shape index (κ2) is 6.69. The maximum Gasteiger partial charge on any atom is 0.176 e. The molecule has 2 aromatic carbocycles. The Kier molecular flexibility index (Phi) is 5.14. The molecular weight excluding hydrogens is 354 g/mol. The molecule has 1 atom stereocenters. The molecule has 3 rings (SSSR count). The van der Waals surface area contributed by atoms with Crippen molar-refractivity contribution in [2.45, 2.75) is 12.3 Å². The molecule has 5 heteroatoms. The second-order valence-corrected chi connectivity index (χ2v) is 5.43. The van der Waals surface area contributed by atoms with Crippen molar-refractivity contribution < 1.29 is 10.2 Å². The Morgan fingerprint density at radius 3 is 2.57 bits per heavy atom. The molecule has 0 saturated carbocycles. The van der Waals surface area contributed by atoms with Gasteiger partial charge in [0.25, 0.3) is 0 Å². The Labute approximate surface area is 139 Å². The van der Waals surface area contributed by atoms with Crippen molar-refractivity contribution in [2.24, 2.45) is 0 Å². The lowest BCUT2D eigenvalue weighted by molar-refractivity contribution is 0.402. The van der Waals surface area contributed by atoms with Crippen LogP contribution in [-0.4, -0.2) is 23.3 Å². The monoisotopic (exact) mass is 369 g/mol. The van der Waals surface area contributed by atoms with Crippen LogP contribution in [0.15, 0.2) is 36.4 Å². The van der Waals surface area contributed by atoms with Crippen LogP contribution in [0.2, 0.25) is 5.02 Å². The molecule has 0 bridgehead atoms. The Hall–Kier alpha value is -1.23. The number of hydrogen-bond donors (Lipinski definition) is 3. The predicted molar refractivity (Wildman–Crippen MR) is 90.0 cm³/mol. The summed E-state index contributed by atoms with van der Waals surface area (Å²) in [4.78, 5) is 0. The molecule has 0 radical (unpaired) electrons. The molecule has 3 nitrogen and oxygen atoms in total. The minimum atomic E-state index is -0.228. The van der Waals surface area contributed by atoms with Crippen molar-refractivity contribution in [3.63, 3.8) is 0 Å². The number of phenolic OH excluding ortho intramolecular Hbond substituents is 2.